The van der Waals surface area contributed by atoms with Gasteiger partial charge >= 0.3 is 18.4 Å². The first kappa shape index (κ1) is 25.8. The first-order valence-electron chi connectivity index (χ1n) is 10.5. The van der Waals surface area contributed by atoms with Crippen LogP contribution in [-0.4, -0.2) is 44.2 Å². The Hall–Kier alpha value is -2.82. The van der Waals surface area contributed by atoms with Crippen molar-refractivity contribution in [3.63, 3.8) is 0 Å². The van der Waals surface area contributed by atoms with Gasteiger partial charge in [-0.05, 0) is 61.3 Å². The van der Waals surface area contributed by atoms with Crippen molar-refractivity contribution in [1.82, 2.24) is 10.2 Å². The Morgan fingerprint density at radius 2 is 1.56 bits per heavy atom. The van der Waals surface area contributed by atoms with Gasteiger partial charge in [0.1, 0.15) is 5.82 Å². The molecular formula is C23H24F7N3O. The highest BCUT2D eigenvalue weighted by atomic mass is 19.4. The summed E-state index contributed by atoms with van der Waals surface area (Å²) < 4.78 is 93.0. The molecule has 0 spiro atoms. The van der Waals surface area contributed by atoms with E-state index in [2.05, 4.69) is 5.32 Å². The smallest absolute Gasteiger partial charge is 0.324 e. The molecule has 1 fully saturated rings. The molecule has 1 N–H and O–H groups in total. The number of carbonyl (C=O) groups is 1. The normalized spacial score (nSPS) is 19.1. The van der Waals surface area contributed by atoms with Gasteiger partial charge in [0, 0.05) is 38.3 Å². The van der Waals surface area contributed by atoms with Gasteiger partial charge in [0.2, 0.25) is 0 Å². The lowest BCUT2D eigenvalue weighted by molar-refractivity contribution is -0.143. The number of amides is 2. The minimum absolute atomic E-state index is 0.0195. The van der Waals surface area contributed by atoms with Crippen molar-refractivity contribution < 1.29 is 35.5 Å². The summed E-state index contributed by atoms with van der Waals surface area (Å²) in [6.07, 6.45) is -9.55. The number of benzene rings is 2. The van der Waals surface area contributed by atoms with Crippen LogP contribution in [0.2, 0.25) is 0 Å². The molecule has 3 rings (SSSR count). The van der Waals surface area contributed by atoms with Crippen LogP contribution in [0, 0.1) is 12.7 Å². The molecule has 0 bridgehead atoms. The summed E-state index contributed by atoms with van der Waals surface area (Å²) in [6.45, 7) is 2.77. The molecule has 34 heavy (non-hydrogen) atoms. The number of hydrogen-bond acceptors (Lipinski definition) is 2. The average Bonchev–Trinajstić information content (AvgIpc) is 2.76. The van der Waals surface area contributed by atoms with Crippen molar-refractivity contribution >= 4 is 11.7 Å². The molecule has 1 heterocycles. The van der Waals surface area contributed by atoms with E-state index < -0.39 is 47.1 Å². The summed E-state index contributed by atoms with van der Waals surface area (Å²) in [4.78, 5) is 15.3. The predicted molar refractivity (Wildman–Crippen MR) is 113 cm³/mol. The second kappa shape index (κ2) is 9.44. The highest BCUT2D eigenvalue weighted by Gasteiger charge is 2.39. The molecule has 2 aromatic rings. The summed E-state index contributed by atoms with van der Waals surface area (Å²) in [7, 11) is 2.59. The van der Waals surface area contributed by atoms with E-state index in [9.17, 15) is 35.5 Å². The Morgan fingerprint density at radius 3 is 2.09 bits per heavy atom. The third-order valence-electron chi connectivity index (χ3n) is 6.12. The second-order valence-corrected chi connectivity index (χ2v) is 8.38. The lowest BCUT2D eigenvalue weighted by Crippen LogP contribution is -2.52. The van der Waals surface area contributed by atoms with Crippen molar-refractivity contribution in [1.29, 1.82) is 0 Å². The third-order valence-corrected chi connectivity index (χ3v) is 6.12. The van der Waals surface area contributed by atoms with E-state index in [4.69, 9.17) is 0 Å². The number of piperidine rings is 1. The highest BCUT2D eigenvalue weighted by Crippen LogP contribution is 2.39. The fourth-order valence-corrected chi connectivity index (χ4v) is 4.30. The van der Waals surface area contributed by atoms with Gasteiger partial charge in [0.05, 0.1) is 11.1 Å². The van der Waals surface area contributed by atoms with E-state index in [0.717, 1.165) is 17.5 Å². The van der Waals surface area contributed by atoms with Crippen LogP contribution in [0.4, 0.5) is 41.2 Å². The summed E-state index contributed by atoms with van der Waals surface area (Å²) >= 11 is 0. The van der Waals surface area contributed by atoms with Gasteiger partial charge in [0.25, 0.3) is 0 Å². The van der Waals surface area contributed by atoms with Crippen LogP contribution in [0.1, 0.15) is 34.6 Å². The van der Waals surface area contributed by atoms with E-state index >= 15 is 0 Å². The van der Waals surface area contributed by atoms with Gasteiger partial charge in [-0.25, -0.2) is 9.18 Å². The lowest BCUT2D eigenvalue weighted by atomic mass is 9.84. The standard InChI is InChI=1S/C23H24F7N3O/c1-13-8-16(24)4-5-18(13)19-12-31-7-6-20(19)33(3)21(34)32(2)17-10-14(22(25,26)27)9-15(11-17)23(28,29)30/h4-5,8-11,19-20,31H,6-7,12H2,1-3H3. The molecule has 1 aliphatic rings. The van der Waals surface area contributed by atoms with Crippen molar-refractivity contribution in [3.05, 3.63) is 64.5 Å². The summed E-state index contributed by atoms with van der Waals surface area (Å²) in [5, 5.41) is 3.21. The van der Waals surface area contributed by atoms with Crippen LogP contribution in [0.25, 0.3) is 0 Å². The van der Waals surface area contributed by atoms with Gasteiger partial charge in [-0.3, -0.25) is 4.90 Å². The van der Waals surface area contributed by atoms with Crippen LogP contribution in [-0.2, 0) is 12.4 Å². The molecule has 2 unspecified atom stereocenters. The molecule has 2 aromatic carbocycles. The number of alkyl halides is 6. The van der Waals surface area contributed by atoms with Crippen LogP contribution in [0.3, 0.4) is 0 Å². The minimum Gasteiger partial charge on any atom is -0.324 e. The number of nitrogens with zero attached hydrogens (tertiary/aromatic N) is 2. The monoisotopic (exact) mass is 491 g/mol. The van der Waals surface area contributed by atoms with E-state index in [1.54, 1.807) is 13.0 Å². The Labute approximate surface area is 192 Å². The van der Waals surface area contributed by atoms with Gasteiger partial charge in [-0.15, -0.1) is 0 Å². The zero-order valence-electron chi connectivity index (χ0n) is 18.7. The molecular weight excluding hydrogens is 467 g/mol. The quantitative estimate of drug-likeness (QED) is 0.551. The molecule has 1 aliphatic heterocycles. The van der Waals surface area contributed by atoms with Crippen molar-refractivity contribution in [2.75, 3.05) is 32.1 Å². The topological polar surface area (TPSA) is 35.6 Å². The highest BCUT2D eigenvalue weighted by molar-refractivity contribution is 5.91. The predicted octanol–water partition coefficient (Wildman–Crippen LogP) is 5.81. The first-order chi connectivity index (χ1) is 15.7. The van der Waals surface area contributed by atoms with Crippen molar-refractivity contribution in [2.24, 2.45) is 0 Å². The van der Waals surface area contributed by atoms with Gasteiger partial charge < -0.3 is 10.2 Å². The van der Waals surface area contributed by atoms with Crippen LogP contribution < -0.4 is 10.2 Å². The zero-order valence-corrected chi connectivity index (χ0v) is 18.7. The fourth-order valence-electron chi connectivity index (χ4n) is 4.30. The number of halogens is 7. The molecule has 2 amide bonds. The van der Waals surface area contributed by atoms with Gasteiger partial charge in [-0.2, -0.15) is 26.3 Å². The number of likely N-dealkylation sites (N-methyl/N-ethyl adjacent to an activating group) is 1. The number of hydrogen-bond donors (Lipinski definition) is 1. The molecule has 4 nitrogen and oxygen atoms in total. The third kappa shape index (κ3) is 5.45. The zero-order chi connectivity index (χ0) is 25.4. The molecule has 2 atom stereocenters. The van der Waals surface area contributed by atoms with Crippen molar-refractivity contribution in [3.8, 4) is 0 Å². The minimum atomic E-state index is -5.02. The Kier molecular flexibility index (Phi) is 7.16. The molecule has 1 saturated heterocycles. The van der Waals surface area contributed by atoms with Crippen LogP contribution >= 0.6 is 0 Å². The fraction of sp³-hybridized carbons (Fsp3) is 0.435. The molecule has 11 heteroatoms. The Balaban J connectivity index is 1.94. The Morgan fingerprint density at radius 1 is 0.971 bits per heavy atom. The van der Waals surface area contributed by atoms with E-state index in [0.29, 0.717) is 37.2 Å². The summed E-state index contributed by atoms with van der Waals surface area (Å²) in [5.74, 6) is -0.653. The number of aryl methyl sites for hydroxylation is 1. The second-order valence-electron chi connectivity index (χ2n) is 8.38. The number of urea groups is 1. The maximum atomic E-state index is 13.6. The molecule has 0 radical (unpaired) electrons. The number of carbonyl (C=O) groups excluding carboxylic acids is 1. The molecule has 0 saturated carbocycles. The average molecular weight is 491 g/mol. The maximum absolute atomic E-state index is 13.6. The van der Waals surface area contributed by atoms with Gasteiger partial charge in [0.15, 0.2) is 0 Å². The maximum Gasteiger partial charge on any atom is 0.416 e. The van der Waals surface area contributed by atoms with E-state index in [1.807, 2.05) is 0 Å². The van der Waals surface area contributed by atoms with Gasteiger partial charge in [-0.1, -0.05) is 6.07 Å². The molecule has 186 valence electrons. The number of rotatable bonds is 3. The van der Waals surface area contributed by atoms with Crippen LogP contribution in [0.15, 0.2) is 36.4 Å². The van der Waals surface area contributed by atoms with Crippen LogP contribution in [0.5, 0.6) is 0 Å². The molecule has 0 aromatic heterocycles. The summed E-state index contributed by atoms with van der Waals surface area (Å²) in [6, 6.07) is 4.19. The largest absolute Gasteiger partial charge is 0.416 e. The van der Waals surface area contributed by atoms with E-state index in [1.165, 1.54) is 24.1 Å². The van der Waals surface area contributed by atoms with Crippen molar-refractivity contribution in [2.45, 2.75) is 37.7 Å². The number of nitrogens with one attached hydrogen (secondary N) is 1. The first-order valence-corrected chi connectivity index (χ1v) is 10.5. The SMILES string of the molecule is Cc1cc(F)ccc1C1CNCCC1N(C)C(=O)N(C)c1cc(C(F)(F)F)cc(C(F)(F)F)c1. The van der Waals surface area contributed by atoms with E-state index in [-0.39, 0.29) is 12.0 Å². The Bertz CT molecular complexity index is 1020. The number of anilines is 1. The lowest BCUT2D eigenvalue weighted by Gasteiger charge is -2.40. The molecule has 0 aliphatic carbocycles. The summed E-state index contributed by atoms with van der Waals surface area (Å²) in [5.41, 5.74) is -2.04.